The van der Waals surface area contributed by atoms with Gasteiger partial charge in [-0.05, 0) is 61.1 Å². The summed E-state index contributed by atoms with van der Waals surface area (Å²) in [6, 6.07) is 12.4. The third kappa shape index (κ3) is 2.96. The largest absolute Gasteiger partial charge is 0.355 e. The zero-order valence-electron chi connectivity index (χ0n) is 13.8. The molecule has 0 spiro atoms. The number of anilines is 1. The molecule has 1 saturated heterocycles. The van der Waals surface area contributed by atoms with Crippen molar-refractivity contribution in [3.8, 4) is 11.1 Å². The molecule has 1 aliphatic heterocycles. The van der Waals surface area contributed by atoms with Gasteiger partial charge in [-0.25, -0.2) is 4.98 Å². The van der Waals surface area contributed by atoms with Crippen molar-refractivity contribution in [1.29, 1.82) is 0 Å². The molecule has 122 valence electrons. The van der Waals surface area contributed by atoms with Gasteiger partial charge in [-0.2, -0.15) is 0 Å². The molecule has 0 aliphatic carbocycles. The van der Waals surface area contributed by atoms with E-state index in [0.29, 0.717) is 0 Å². The van der Waals surface area contributed by atoms with E-state index in [4.69, 9.17) is 16.6 Å². The molecule has 4 rings (SSSR count). The number of aryl methyl sites for hydroxylation is 1. The Balaban J connectivity index is 1.74. The quantitative estimate of drug-likeness (QED) is 0.639. The van der Waals surface area contributed by atoms with Crippen LogP contribution < -0.4 is 4.90 Å². The zero-order chi connectivity index (χ0) is 16.5. The van der Waals surface area contributed by atoms with Crippen molar-refractivity contribution >= 4 is 28.5 Å². The Bertz CT molecular complexity index is 885. The molecule has 0 atom stereocenters. The van der Waals surface area contributed by atoms with Crippen molar-refractivity contribution in [2.45, 2.75) is 26.2 Å². The summed E-state index contributed by atoms with van der Waals surface area (Å²) in [6.07, 6.45) is 5.69. The molecule has 0 saturated carbocycles. The van der Waals surface area contributed by atoms with Crippen LogP contribution in [0.15, 0.2) is 42.6 Å². The van der Waals surface area contributed by atoms with Gasteiger partial charge in [-0.15, -0.1) is 0 Å². The first-order valence-electron chi connectivity index (χ1n) is 8.49. The Hall–Kier alpha value is -2.13. The van der Waals surface area contributed by atoms with Crippen LogP contribution in [0.3, 0.4) is 0 Å². The molecule has 24 heavy (non-hydrogen) atoms. The Morgan fingerprint density at radius 2 is 1.67 bits per heavy atom. The minimum atomic E-state index is 0.792. The molecule has 3 nitrogen and oxygen atoms in total. The molecule has 1 aromatic heterocycles. The maximum atomic E-state index is 6.27. The van der Waals surface area contributed by atoms with Crippen LogP contribution in [0.1, 0.15) is 24.8 Å². The van der Waals surface area contributed by atoms with E-state index in [0.717, 1.165) is 51.7 Å². The molecule has 3 aromatic rings. The van der Waals surface area contributed by atoms with Gasteiger partial charge >= 0.3 is 0 Å². The second kappa shape index (κ2) is 6.40. The van der Waals surface area contributed by atoms with Crippen LogP contribution in [-0.4, -0.2) is 23.1 Å². The van der Waals surface area contributed by atoms with E-state index in [1.165, 1.54) is 19.3 Å². The highest BCUT2D eigenvalue weighted by Gasteiger charge is 2.13. The van der Waals surface area contributed by atoms with Crippen molar-refractivity contribution in [2.75, 3.05) is 18.0 Å². The summed E-state index contributed by atoms with van der Waals surface area (Å²) in [5.74, 6) is 0.987. The summed E-state index contributed by atoms with van der Waals surface area (Å²) >= 11 is 6.27. The van der Waals surface area contributed by atoms with Crippen LogP contribution in [0.5, 0.6) is 0 Å². The number of halogens is 1. The van der Waals surface area contributed by atoms with Crippen molar-refractivity contribution in [3.05, 3.63) is 53.2 Å². The van der Waals surface area contributed by atoms with Gasteiger partial charge in [0.05, 0.1) is 17.2 Å². The van der Waals surface area contributed by atoms with Crippen molar-refractivity contribution in [1.82, 2.24) is 9.97 Å². The topological polar surface area (TPSA) is 29.0 Å². The van der Waals surface area contributed by atoms with Gasteiger partial charge in [0.15, 0.2) is 0 Å². The highest BCUT2D eigenvalue weighted by molar-refractivity contribution is 6.31. The highest BCUT2D eigenvalue weighted by atomic mass is 35.5. The number of piperidine rings is 1. The SMILES string of the molecule is Cc1ccc(-c2ccc3ncc(N4CCCCC4)nc3c2)cc1Cl. The van der Waals surface area contributed by atoms with Gasteiger partial charge in [-0.1, -0.05) is 29.8 Å². The van der Waals surface area contributed by atoms with Gasteiger partial charge < -0.3 is 4.90 Å². The second-order valence-electron chi connectivity index (χ2n) is 6.44. The lowest BCUT2D eigenvalue weighted by Crippen LogP contribution is -2.30. The summed E-state index contributed by atoms with van der Waals surface area (Å²) in [6.45, 7) is 4.17. The van der Waals surface area contributed by atoms with Crippen LogP contribution >= 0.6 is 11.6 Å². The molecule has 1 aliphatic rings. The van der Waals surface area contributed by atoms with Crippen molar-refractivity contribution < 1.29 is 0 Å². The fourth-order valence-electron chi connectivity index (χ4n) is 3.23. The lowest BCUT2D eigenvalue weighted by Gasteiger charge is -2.27. The monoisotopic (exact) mass is 337 g/mol. The fraction of sp³-hybridized carbons (Fsp3) is 0.300. The third-order valence-corrected chi connectivity index (χ3v) is 5.12. The van der Waals surface area contributed by atoms with E-state index >= 15 is 0 Å². The number of hydrogen-bond acceptors (Lipinski definition) is 3. The molecule has 0 amide bonds. The van der Waals surface area contributed by atoms with Crippen LogP contribution in [0.4, 0.5) is 5.82 Å². The molecule has 0 radical (unpaired) electrons. The summed E-state index contributed by atoms with van der Waals surface area (Å²) in [4.78, 5) is 11.8. The summed E-state index contributed by atoms with van der Waals surface area (Å²) in [5.41, 5.74) is 5.19. The minimum Gasteiger partial charge on any atom is -0.355 e. The van der Waals surface area contributed by atoms with Gasteiger partial charge in [0, 0.05) is 18.1 Å². The predicted molar refractivity (Wildman–Crippen MR) is 101 cm³/mol. The van der Waals surface area contributed by atoms with Crippen LogP contribution in [0, 0.1) is 6.92 Å². The molecule has 4 heteroatoms. The first-order chi connectivity index (χ1) is 11.7. The summed E-state index contributed by atoms with van der Waals surface area (Å²) < 4.78 is 0. The average molecular weight is 338 g/mol. The maximum Gasteiger partial charge on any atom is 0.147 e. The van der Waals surface area contributed by atoms with Gasteiger partial charge in [0.1, 0.15) is 5.82 Å². The van der Waals surface area contributed by atoms with E-state index in [2.05, 4.69) is 34.1 Å². The van der Waals surface area contributed by atoms with E-state index < -0.39 is 0 Å². The molecule has 2 aromatic carbocycles. The van der Waals surface area contributed by atoms with Crippen molar-refractivity contribution in [2.24, 2.45) is 0 Å². The number of aromatic nitrogens is 2. The lowest BCUT2D eigenvalue weighted by molar-refractivity contribution is 0.573. The standard InChI is InChI=1S/C20H20ClN3/c1-14-5-6-15(11-17(14)21)16-7-8-18-19(12-16)23-20(13-22-18)24-9-3-2-4-10-24/h5-8,11-13H,2-4,9-10H2,1H3. The fourth-order valence-corrected chi connectivity index (χ4v) is 3.41. The third-order valence-electron chi connectivity index (χ3n) is 4.71. The molecular formula is C20H20ClN3. The van der Waals surface area contributed by atoms with E-state index in [-0.39, 0.29) is 0 Å². The van der Waals surface area contributed by atoms with Crippen LogP contribution in [0.2, 0.25) is 5.02 Å². The van der Waals surface area contributed by atoms with E-state index in [1.54, 1.807) is 0 Å². The highest BCUT2D eigenvalue weighted by Crippen LogP contribution is 2.28. The summed E-state index contributed by atoms with van der Waals surface area (Å²) in [5, 5.41) is 0.792. The lowest BCUT2D eigenvalue weighted by atomic mass is 10.0. The Kier molecular flexibility index (Phi) is 4.11. The normalized spacial score (nSPS) is 15.0. The van der Waals surface area contributed by atoms with Gasteiger partial charge in [0.2, 0.25) is 0 Å². The smallest absolute Gasteiger partial charge is 0.147 e. The number of hydrogen-bond donors (Lipinski definition) is 0. The molecule has 1 fully saturated rings. The Labute approximate surface area is 147 Å². The first-order valence-corrected chi connectivity index (χ1v) is 8.87. The number of benzene rings is 2. The zero-order valence-corrected chi connectivity index (χ0v) is 14.6. The summed E-state index contributed by atoms with van der Waals surface area (Å²) in [7, 11) is 0. The number of fused-ring (bicyclic) bond motifs is 1. The number of nitrogens with zero attached hydrogens (tertiary/aromatic N) is 3. The molecular weight excluding hydrogens is 318 g/mol. The number of rotatable bonds is 2. The van der Waals surface area contributed by atoms with E-state index in [9.17, 15) is 0 Å². The molecule has 2 heterocycles. The average Bonchev–Trinajstić information content (AvgIpc) is 2.64. The Morgan fingerprint density at radius 1 is 0.917 bits per heavy atom. The minimum absolute atomic E-state index is 0.792. The molecule has 0 unspecified atom stereocenters. The van der Waals surface area contributed by atoms with E-state index in [1.807, 2.05) is 25.3 Å². The van der Waals surface area contributed by atoms with Gasteiger partial charge in [-0.3, -0.25) is 4.98 Å². The first kappa shape index (κ1) is 15.4. The predicted octanol–water partition coefficient (Wildman–Crippen LogP) is 5.25. The maximum absolute atomic E-state index is 6.27. The molecule has 0 bridgehead atoms. The van der Waals surface area contributed by atoms with Gasteiger partial charge in [0.25, 0.3) is 0 Å². The Morgan fingerprint density at radius 3 is 2.46 bits per heavy atom. The van der Waals surface area contributed by atoms with Crippen LogP contribution in [-0.2, 0) is 0 Å². The second-order valence-corrected chi connectivity index (χ2v) is 6.85. The molecule has 0 N–H and O–H groups in total. The van der Waals surface area contributed by atoms with Crippen LogP contribution in [0.25, 0.3) is 22.2 Å². The van der Waals surface area contributed by atoms with Crippen molar-refractivity contribution in [3.63, 3.8) is 0 Å².